The van der Waals surface area contributed by atoms with Crippen molar-refractivity contribution in [1.29, 1.82) is 0 Å². The third kappa shape index (κ3) is 3.78. The molecule has 2 saturated carbocycles. The van der Waals surface area contributed by atoms with Crippen molar-refractivity contribution in [1.82, 2.24) is 9.80 Å². The fraction of sp³-hybridized carbons (Fsp3) is 0.600. The second-order valence-electron chi connectivity index (χ2n) is 13.0. The molecule has 5 aliphatic rings. The highest BCUT2D eigenvalue weighted by Gasteiger charge is 2.72. The number of primary amides is 1. The van der Waals surface area contributed by atoms with Crippen molar-refractivity contribution in [2.75, 3.05) is 27.2 Å². The number of likely N-dealkylation sites (tertiary alicyclic amines) is 1. The Morgan fingerprint density at radius 2 is 1.85 bits per heavy atom. The Morgan fingerprint density at radius 1 is 1.18 bits per heavy atom. The van der Waals surface area contributed by atoms with Crippen LogP contribution >= 0.6 is 11.6 Å². The molecule has 8 unspecified atom stereocenters. The number of allylic oxidation sites excluding steroid dienone is 1. The van der Waals surface area contributed by atoms with Crippen LogP contribution in [0.25, 0.3) is 0 Å². The van der Waals surface area contributed by atoms with E-state index in [0.717, 1.165) is 18.7 Å². The van der Waals surface area contributed by atoms with Crippen LogP contribution in [0.3, 0.4) is 0 Å². The zero-order chi connectivity index (χ0) is 28.1. The number of ketones is 3. The van der Waals surface area contributed by atoms with Crippen molar-refractivity contribution in [2.45, 2.75) is 45.7 Å². The van der Waals surface area contributed by atoms with Crippen LogP contribution in [0.4, 0.5) is 0 Å². The van der Waals surface area contributed by atoms with Crippen LogP contribution in [-0.2, 0) is 27.3 Å². The molecule has 1 saturated heterocycles. The predicted molar refractivity (Wildman–Crippen MR) is 145 cm³/mol. The summed E-state index contributed by atoms with van der Waals surface area (Å²) in [6.45, 7) is 6.95. The molecule has 1 aromatic rings. The number of likely N-dealkylation sites (N-methyl/N-ethyl adjacent to an activating group) is 1. The van der Waals surface area contributed by atoms with E-state index in [4.69, 9.17) is 17.3 Å². The van der Waals surface area contributed by atoms with E-state index in [0.29, 0.717) is 47.4 Å². The number of carbonyl (C=O) groups is 4. The van der Waals surface area contributed by atoms with E-state index in [1.165, 1.54) is 6.42 Å². The van der Waals surface area contributed by atoms with E-state index in [9.17, 15) is 24.3 Å². The highest BCUT2D eigenvalue weighted by Crippen LogP contribution is 2.66. The number of carbonyl (C=O) groups excluding carboxylic acids is 4. The van der Waals surface area contributed by atoms with Gasteiger partial charge in [0.05, 0.1) is 22.9 Å². The SMILES string of the molecule is CC1CC(C)CN(Cc2cc(O)c3c(c2Cl)CC2CC4C(N(C)C)C(=O)C(C(N)=O)C5=CC54C(=O)C2C3=O)C1. The van der Waals surface area contributed by atoms with Crippen molar-refractivity contribution >= 4 is 34.9 Å². The molecule has 39 heavy (non-hydrogen) atoms. The fourth-order valence-electron chi connectivity index (χ4n) is 8.63. The van der Waals surface area contributed by atoms with Gasteiger partial charge in [-0.15, -0.1) is 0 Å². The first-order valence-corrected chi connectivity index (χ1v) is 14.3. The molecular weight excluding hydrogens is 518 g/mol. The number of hydrogen-bond acceptors (Lipinski definition) is 7. The Hall–Kier alpha value is -2.55. The fourth-order valence-corrected chi connectivity index (χ4v) is 8.92. The summed E-state index contributed by atoms with van der Waals surface area (Å²) in [4.78, 5) is 57.8. The van der Waals surface area contributed by atoms with E-state index < -0.39 is 35.0 Å². The maximum Gasteiger partial charge on any atom is 0.232 e. The van der Waals surface area contributed by atoms with E-state index in [1.807, 2.05) is 0 Å². The van der Waals surface area contributed by atoms with Gasteiger partial charge in [-0.2, -0.15) is 0 Å². The summed E-state index contributed by atoms with van der Waals surface area (Å²) < 4.78 is 0. The number of Topliss-reactive ketones (excluding diaryl/α,β-unsaturated/α-hetero) is 3. The molecule has 0 aromatic heterocycles. The van der Waals surface area contributed by atoms with Gasteiger partial charge in [-0.3, -0.25) is 29.0 Å². The van der Waals surface area contributed by atoms with Crippen LogP contribution in [0.2, 0.25) is 5.02 Å². The lowest BCUT2D eigenvalue weighted by Gasteiger charge is -2.50. The van der Waals surface area contributed by atoms with Crippen LogP contribution in [0.5, 0.6) is 5.75 Å². The number of benzene rings is 1. The molecule has 8 nitrogen and oxygen atoms in total. The molecule has 8 atom stereocenters. The molecule has 1 aliphatic heterocycles. The Labute approximate surface area is 233 Å². The van der Waals surface area contributed by atoms with Crippen LogP contribution in [0.1, 0.15) is 48.2 Å². The van der Waals surface area contributed by atoms with Gasteiger partial charge in [0.15, 0.2) is 17.3 Å². The van der Waals surface area contributed by atoms with Gasteiger partial charge in [-0.05, 0) is 73.9 Å². The molecule has 4 aliphatic carbocycles. The molecule has 1 amide bonds. The summed E-state index contributed by atoms with van der Waals surface area (Å²) in [6.07, 6.45) is 3.72. The van der Waals surface area contributed by atoms with Crippen LogP contribution in [0.15, 0.2) is 17.7 Å². The number of piperidine rings is 1. The number of phenols is 1. The van der Waals surface area contributed by atoms with E-state index in [-0.39, 0.29) is 34.7 Å². The normalized spacial score (nSPS) is 37.5. The Morgan fingerprint density at radius 3 is 2.46 bits per heavy atom. The number of phenolic OH excluding ortho intramolecular Hbond substituents is 1. The highest BCUT2D eigenvalue weighted by atomic mass is 35.5. The number of fused-ring (bicyclic) bond motifs is 2. The Kier molecular flexibility index (Phi) is 6.14. The monoisotopic (exact) mass is 553 g/mol. The van der Waals surface area contributed by atoms with Gasteiger partial charge in [0.2, 0.25) is 5.91 Å². The molecular formula is C30H36ClN3O5. The number of nitrogens with zero attached hydrogens (tertiary/aromatic N) is 2. The van der Waals surface area contributed by atoms with Crippen molar-refractivity contribution in [2.24, 2.45) is 46.7 Å². The van der Waals surface area contributed by atoms with E-state index >= 15 is 0 Å². The largest absolute Gasteiger partial charge is 0.507 e. The summed E-state index contributed by atoms with van der Waals surface area (Å²) in [6, 6.07) is 0.924. The first-order valence-electron chi connectivity index (χ1n) is 13.9. The number of nitrogens with two attached hydrogens (primary N) is 1. The minimum Gasteiger partial charge on any atom is -0.507 e. The lowest BCUT2D eigenvalue weighted by atomic mass is 9.53. The summed E-state index contributed by atoms with van der Waals surface area (Å²) in [5.41, 5.74) is 6.48. The van der Waals surface area contributed by atoms with Gasteiger partial charge in [-0.1, -0.05) is 31.5 Å². The first-order chi connectivity index (χ1) is 18.4. The lowest BCUT2D eigenvalue weighted by molar-refractivity contribution is -0.145. The third-order valence-corrected chi connectivity index (χ3v) is 10.4. The van der Waals surface area contributed by atoms with Crippen molar-refractivity contribution in [3.63, 3.8) is 0 Å². The summed E-state index contributed by atoms with van der Waals surface area (Å²) in [5, 5.41) is 11.6. The number of rotatable bonds is 4. The topological polar surface area (TPSA) is 121 Å². The van der Waals surface area contributed by atoms with Gasteiger partial charge in [-0.25, -0.2) is 0 Å². The zero-order valence-electron chi connectivity index (χ0n) is 22.9. The Balaban J connectivity index is 1.36. The van der Waals surface area contributed by atoms with E-state index in [2.05, 4.69) is 18.7 Å². The maximum atomic E-state index is 14.1. The van der Waals surface area contributed by atoms with Gasteiger partial charge in [0.1, 0.15) is 11.7 Å². The minimum absolute atomic E-state index is 0.137. The average molecular weight is 554 g/mol. The minimum atomic E-state index is -1.15. The van der Waals surface area contributed by atoms with E-state index in [1.54, 1.807) is 31.1 Å². The lowest BCUT2D eigenvalue weighted by Crippen LogP contribution is -2.61. The number of aromatic hydroxyl groups is 1. The summed E-state index contributed by atoms with van der Waals surface area (Å²) in [7, 11) is 3.53. The average Bonchev–Trinajstić information content (AvgIpc) is 3.56. The number of amides is 1. The molecule has 3 N–H and O–H groups in total. The highest BCUT2D eigenvalue weighted by molar-refractivity contribution is 6.33. The molecule has 9 heteroatoms. The first kappa shape index (κ1) is 26.7. The van der Waals surface area contributed by atoms with Crippen LogP contribution in [0, 0.1) is 40.9 Å². The maximum absolute atomic E-state index is 14.1. The van der Waals surface area contributed by atoms with Gasteiger partial charge < -0.3 is 10.8 Å². The molecule has 1 aromatic carbocycles. The van der Waals surface area contributed by atoms with Crippen LogP contribution in [-0.4, -0.2) is 71.4 Å². The molecule has 0 bridgehead atoms. The van der Waals surface area contributed by atoms with Gasteiger partial charge >= 0.3 is 0 Å². The molecule has 3 fully saturated rings. The second-order valence-corrected chi connectivity index (χ2v) is 13.4. The molecule has 1 heterocycles. The smallest absolute Gasteiger partial charge is 0.232 e. The molecule has 1 spiro atoms. The number of halogens is 1. The number of hydrogen-bond donors (Lipinski definition) is 2. The zero-order valence-corrected chi connectivity index (χ0v) is 23.6. The van der Waals surface area contributed by atoms with Crippen molar-refractivity contribution in [3.05, 3.63) is 39.4 Å². The predicted octanol–water partition coefficient (Wildman–Crippen LogP) is 2.62. The second kappa shape index (κ2) is 8.98. The quantitative estimate of drug-likeness (QED) is 0.434. The molecule has 6 rings (SSSR count). The van der Waals surface area contributed by atoms with Gasteiger partial charge in [0.25, 0.3) is 0 Å². The van der Waals surface area contributed by atoms with Crippen molar-refractivity contribution in [3.8, 4) is 5.75 Å². The van der Waals surface area contributed by atoms with Crippen molar-refractivity contribution < 1.29 is 24.3 Å². The third-order valence-electron chi connectivity index (χ3n) is 9.94. The molecule has 0 radical (unpaired) electrons. The van der Waals surface area contributed by atoms with Crippen LogP contribution < -0.4 is 5.73 Å². The summed E-state index contributed by atoms with van der Waals surface area (Å²) in [5.74, 6) is -3.57. The van der Waals surface area contributed by atoms with Gasteiger partial charge in [0, 0.05) is 30.6 Å². The summed E-state index contributed by atoms with van der Waals surface area (Å²) >= 11 is 6.95. The molecule has 208 valence electrons. The standard InChI is InChI=1S/C30H36ClN3O5/c1-13-5-14(2)11-34(10-13)12-16-8-20(35)22-17(24(16)31)6-15-7-18-25(33(3)4)27(37)23(29(32)39)19-9-30(18,19)28(38)21(15)26(22)36/h8-9,13-15,18,21,23,25,35H,5-7,10-12H2,1-4H3,(H2,32,39). The Bertz CT molecular complexity index is 1340.